The zero-order chi connectivity index (χ0) is 19.8. The van der Waals surface area contributed by atoms with Gasteiger partial charge in [-0.1, -0.05) is 12.1 Å². The Labute approximate surface area is 190 Å². The van der Waals surface area contributed by atoms with Crippen LogP contribution < -0.4 is 15.5 Å². The van der Waals surface area contributed by atoms with Gasteiger partial charge in [-0.15, -0.1) is 24.0 Å². The number of halogens is 1. The van der Waals surface area contributed by atoms with Crippen molar-refractivity contribution in [1.29, 1.82) is 0 Å². The third-order valence-corrected chi connectivity index (χ3v) is 4.64. The van der Waals surface area contributed by atoms with E-state index in [4.69, 9.17) is 4.74 Å². The smallest absolute Gasteiger partial charge is 0.191 e. The van der Waals surface area contributed by atoms with Crippen molar-refractivity contribution in [2.24, 2.45) is 4.99 Å². The third kappa shape index (κ3) is 7.43. The van der Waals surface area contributed by atoms with Crippen molar-refractivity contribution in [2.45, 2.75) is 39.0 Å². The number of pyridine rings is 2. The Balaban J connectivity index is 0.00000300. The minimum atomic E-state index is 0. The van der Waals surface area contributed by atoms with Crippen molar-refractivity contribution in [3.05, 3.63) is 54.0 Å². The lowest BCUT2D eigenvalue weighted by molar-refractivity contribution is -0.00545. The van der Waals surface area contributed by atoms with Gasteiger partial charge in [0.15, 0.2) is 5.96 Å². The van der Waals surface area contributed by atoms with E-state index in [1.807, 2.05) is 30.6 Å². The van der Waals surface area contributed by atoms with Crippen LogP contribution >= 0.6 is 24.0 Å². The van der Waals surface area contributed by atoms with Crippen molar-refractivity contribution < 1.29 is 4.74 Å². The molecule has 3 heterocycles. The molecule has 0 saturated carbocycles. The van der Waals surface area contributed by atoms with E-state index in [0.717, 1.165) is 49.1 Å². The number of ether oxygens (including phenoxy) is 1. The predicted octanol–water partition coefficient (Wildman–Crippen LogP) is 2.62. The highest BCUT2D eigenvalue weighted by Gasteiger charge is 2.22. The molecule has 0 aromatic carbocycles. The van der Waals surface area contributed by atoms with Crippen LogP contribution in [0.2, 0.25) is 0 Å². The Bertz CT molecular complexity index is 746. The fourth-order valence-corrected chi connectivity index (χ4v) is 3.33. The summed E-state index contributed by atoms with van der Waals surface area (Å²) in [5, 5.41) is 6.65. The summed E-state index contributed by atoms with van der Waals surface area (Å²) in [5.41, 5.74) is 2.18. The number of aliphatic imine (C=N–C) groups is 1. The van der Waals surface area contributed by atoms with Crippen LogP contribution in [-0.4, -0.2) is 54.8 Å². The maximum Gasteiger partial charge on any atom is 0.191 e. The molecule has 0 spiro atoms. The van der Waals surface area contributed by atoms with E-state index in [1.165, 1.54) is 0 Å². The van der Waals surface area contributed by atoms with Crippen LogP contribution in [0.1, 0.15) is 25.1 Å². The summed E-state index contributed by atoms with van der Waals surface area (Å²) in [6.07, 6.45) is 5.06. The molecule has 3 rings (SSSR count). The van der Waals surface area contributed by atoms with Crippen molar-refractivity contribution in [1.82, 2.24) is 20.6 Å². The molecular weight excluding hydrogens is 479 g/mol. The number of anilines is 1. The minimum Gasteiger partial charge on any atom is -0.372 e. The maximum atomic E-state index is 5.80. The zero-order valence-corrected chi connectivity index (χ0v) is 19.7. The van der Waals surface area contributed by atoms with Gasteiger partial charge in [0.2, 0.25) is 0 Å². The van der Waals surface area contributed by atoms with Gasteiger partial charge in [0.05, 0.1) is 12.2 Å². The largest absolute Gasteiger partial charge is 0.372 e. The van der Waals surface area contributed by atoms with E-state index in [2.05, 4.69) is 56.5 Å². The molecule has 158 valence electrons. The number of rotatable bonds is 6. The van der Waals surface area contributed by atoms with E-state index in [1.54, 1.807) is 7.05 Å². The van der Waals surface area contributed by atoms with Crippen molar-refractivity contribution >= 4 is 35.8 Å². The van der Waals surface area contributed by atoms with E-state index in [-0.39, 0.29) is 36.2 Å². The molecule has 8 heteroatoms. The van der Waals surface area contributed by atoms with Crippen molar-refractivity contribution in [2.75, 3.05) is 31.6 Å². The Morgan fingerprint density at radius 2 is 1.93 bits per heavy atom. The molecule has 7 nitrogen and oxygen atoms in total. The number of nitrogens with one attached hydrogen (secondary N) is 2. The Morgan fingerprint density at radius 3 is 2.55 bits per heavy atom. The van der Waals surface area contributed by atoms with E-state index in [0.29, 0.717) is 6.54 Å². The van der Waals surface area contributed by atoms with Gasteiger partial charge in [0, 0.05) is 57.7 Å². The first-order valence-electron chi connectivity index (χ1n) is 9.84. The molecule has 2 aromatic rings. The van der Waals surface area contributed by atoms with E-state index >= 15 is 0 Å². The fourth-order valence-electron chi connectivity index (χ4n) is 3.33. The van der Waals surface area contributed by atoms with Crippen LogP contribution in [0.3, 0.4) is 0 Å². The van der Waals surface area contributed by atoms with Gasteiger partial charge in [-0.2, -0.15) is 0 Å². The molecule has 2 aromatic heterocycles. The number of aromatic nitrogens is 2. The number of hydrogen-bond donors (Lipinski definition) is 2. The Kier molecular flexibility index (Phi) is 9.59. The lowest BCUT2D eigenvalue weighted by Gasteiger charge is -2.36. The highest BCUT2D eigenvalue weighted by molar-refractivity contribution is 14.0. The van der Waals surface area contributed by atoms with Crippen LogP contribution in [0.15, 0.2) is 47.7 Å². The Hall–Kier alpha value is -1.94. The monoisotopic (exact) mass is 510 g/mol. The second-order valence-electron chi connectivity index (χ2n) is 7.11. The van der Waals surface area contributed by atoms with Gasteiger partial charge in [-0.05, 0) is 37.6 Å². The van der Waals surface area contributed by atoms with Gasteiger partial charge in [0.25, 0.3) is 0 Å². The molecular formula is C21H31IN6O. The summed E-state index contributed by atoms with van der Waals surface area (Å²) in [6.45, 7) is 7.41. The van der Waals surface area contributed by atoms with Crippen LogP contribution in [0.25, 0.3) is 0 Å². The number of guanidine groups is 1. The van der Waals surface area contributed by atoms with Gasteiger partial charge >= 0.3 is 0 Å². The lowest BCUT2D eigenvalue weighted by atomic mass is 10.2. The summed E-state index contributed by atoms with van der Waals surface area (Å²) >= 11 is 0. The maximum absolute atomic E-state index is 5.80. The highest BCUT2D eigenvalue weighted by atomic mass is 127. The zero-order valence-electron chi connectivity index (χ0n) is 17.3. The van der Waals surface area contributed by atoms with Crippen LogP contribution in [0.5, 0.6) is 0 Å². The first-order chi connectivity index (χ1) is 13.6. The number of morpholine rings is 1. The van der Waals surface area contributed by atoms with Gasteiger partial charge < -0.3 is 20.3 Å². The molecule has 2 N–H and O–H groups in total. The molecule has 0 radical (unpaired) electrons. The molecule has 29 heavy (non-hydrogen) atoms. The summed E-state index contributed by atoms with van der Waals surface area (Å²) < 4.78 is 5.80. The first kappa shape index (κ1) is 23.3. The minimum absolute atomic E-state index is 0. The second kappa shape index (κ2) is 11.9. The molecule has 1 aliphatic heterocycles. The molecule has 2 unspecified atom stereocenters. The average Bonchev–Trinajstić information content (AvgIpc) is 2.71. The van der Waals surface area contributed by atoms with Gasteiger partial charge in [-0.3, -0.25) is 9.98 Å². The standard InChI is InChI=1S/C21H30N6O.HI/c1-16-14-27(15-17(2)28-16)20-8-7-18(12-25-20)13-26-21(22-3)24-11-9-19-6-4-5-10-23-19;/h4-8,10,12,16-17H,9,11,13-15H2,1-3H3,(H2,22,24,26);1H. The van der Waals surface area contributed by atoms with Crippen LogP contribution in [-0.2, 0) is 17.7 Å². The highest BCUT2D eigenvalue weighted by Crippen LogP contribution is 2.18. The number of nitrogens with zero attached hydrogens (tertiary/aromatic N) is 4. The fraction of sp³-hybridized carbons (Fsp3) is 0.476. The normalized spacial score (nSPS) is 19.4. The SMILES string of the molecule is CN=C(NCCc1ccccn1)NCc1ccc(N2CC(C)OC(C)C2)nc1.I. The first-order valence-corrected chi connectivity index (χ1v) is 9.84. The molecule has 1 aliphatic rings. The second-order valence-corrected chi connectivity index (χ2v) is 7.11. The molecule has 1 fully saturated rings. The van der Waals surface area contributed by atoms with E-state index in [9.17, 15) is 0 Å². The quantitative estimate of drug-likeness (QED) is 0.354. The van der Waals surface area contributed by atoms with Crippen molar-refractivity contribution in [3.63, 3.8) is 0 Å². The molecule has 0 amide bonds. The van der Waals surface area contributed by atoms with Gasteiger partial charge in [-0.25, -0.2) is 4.98 Å². The average molecular weight is 510 g/mol. The molecule has 0 aliphatic carbocycles. The molecule has 0 bridgehead atoms. The summed E-state index contributed by atoms with van der Waals surface area (Å²) in [5.74, 6) is 1.78. The lowest BCUT2D eigenvalue weighted by Crippen LogP contribution is -2.45. The molecule has 1 saturated heterocycles. The van der Waals surface area contributed by atoms with Gasteiger partial charge in [0.1, 0.15) is 5.82 Å². The number of hydrogen-bond acceptors (Lipinski definition) is 5. The van der Waals surface area contributed by atoms with E-state index < -0.39 is 0 Å². The predicted molar refractivity (Wildman–Crippen MR) is 128 cm³/mol. The molecule has 2 atom stereocenters. The van der Waals surface area contributed by atoms with Crippen molar-refractivity contribution in [3.8, 4) is 0 Å². The topological polar surface area (TPSA) is 74.7 Å². The Morgan fingerprint density at radius 1 is 1.14 bits per heavy atom. The van der Waals surface area contributed by atoms with Crippen LogP contribution in [0, 0.1) is 0 Å². The summed E-state index contributed by atoms with van der Waals surface area (Å²) in [4.78, 5) is 15.5. The summed E-state index contributed by atoms with van der Waals surface area (Å²) in [6, 6.07) is 10.2. The summed E-state index contributed by atoms with van der Waals surface area (Å²) in [7, 11) is 1.78. The van der Waals surface area contributed by atoms with Crippen LogP contribution in [0.4, 0.5) is 5.82 Å². The third-order valence-electron chi connectivity index (χ3n) is 4.64.